The second kappa shape index (κ2) is 6.73. The van der Waals surface area contributed by atoms with E-state index < -0.39 is 60.6 Å². The minimum atomic E-state index is -2.27. The van der Waals surface area contributed by atoms with Crippen LogP contribution in [-0.4, -0.2) is 58.0 Å². The van der Waals surface area contributed by atoms with E-state index in [4.69, 9.17) is 19.3 Å². The molecule has 0 radical (unpaired) electrons. The van der Waals surface area contributed by atoms with Gasteiger partial charge in [-0.3, -0.25) is 14.4 Å². The van der Waals surface area contributed by atoms with Crippen LogP contribution in [0.2, 0.25) is 0 Å². The molecule has 0 bridgehead atoms. The minimum absolute atomic E-state index is 0.488. The Labute approximate surface area is 126 Å². The fraction of sp³-hybridized carbons (Fsp3) is 0.692. The van der Waals surface area contributed by atoms with Gasteiger partial charge in [-0.05, 0) is 0 Å². The molecular formula is C13H18O9. The van der Waals surface area contributed by atoms with Gasteiger partial charge in [-0.2, -0.15) is 0 Å². The van der Waals surface area contributed by atoms with Gasteiger partial charge in [0.2, 0.25) is 0 Å². The molecule has 2 N–H and O–H groups in total. The molecule has 2 atom stereocenters. The van der Waals surface area contributed by atoms with Gasteiger partial charge in [-0.25, -0.2) is 4.79 Å². The second-order valence-corrected chi connectivity index (χ2v) is 5.11. The van der Waals surface area contributed by atoms with Crippen molar-refractivity contribution in [2.45, 2.75) is 57.5 Å². The lowest BCUT2D eigenvalue weighted by Gasteiger charge is -2.41. The Morgan fingerprint density at radius 3 is 1.50 bits per heavy atom. The SMILES string of the molecule is CC(=O)OC1CC(O)(C(=O)O)CC(OC(C)=O)C1OC(C)=O. The summed E-state index contributed by atoms with van der Waals surface area (Å²) in [6.07, 6.45) is -4.67. The number of esters is 3. The van der Waals surface area contributed by atoms with Gasteiger partial charge in [0.05, 0.1) is 0 Å². The third-order valence-electron chi connectivity index (χ3n) is 3.15. The smallest absolute Gasteiger partial charge is 0.335 e. The fourth-order valence-corrected chi connectivity index (χ4v) is 2.38. The fourth-order valence-electron chi connectivity index (χ4n) is 2.38. The largest absolute Gasteiger partial charge is 0.479 e. The molecule has 1 aliphatic carbocycles. The number of aliphatic hydroxyl groups is 1. The van der Waals surface area contributed by atoms with E-state index >= 15 is 0 Å². The number of carboxylic acid groups (broad SMARTS) is 1. The Bertz CT molecular complexity index is 458. The highest BCUT2D eigenvalue weighted by Gasteiger charge is 2.54. The van der Waals surface area contributed by atoms with Gasteiger partial charge in [0, 0.05) is 33.6 Å². The summed E-state index contributed by atoms with van der Waals surface area (Å²) in [7, 11) is 0. The van der Waals surface area contributed by atoms with Crippen molar-refractivity contribution in [3.8, 4) is 0 Å². The highest BCUT2D eigenvalue weighted by Crippen LogP contribution is 2.34. The van der Waals surface area contributed by atoms with Crippen molar-refractivity contribution in [3.63, 3.8) is 0 Å². The van der Waals surface area contributed by atoms with E-state index in [1.807, 2.05) is 0 Å². The number of carboxylic acids is 1. The van der Waals surface area contributed by atoms with Crippen LogP contribution >= 0.6 is 0 Å². The Morgan fingerprint density at radius 2 is 1.23 bits per heavy atom. The van der Waals surface area contributed by atoms with E-state index in [0.29, 0.717) is 0 Å². The predicted molar refractivity (Wildman–Crippen MR) is 68.5 cm³/mol. The summed E-state index contributed by atoms with van der Waals surface area (Å²) >= 11 is 0. The standard InChI is InChI=1S/C13H18O9/c1-6(14)20-9-4-13(19,12(17)18)5-10(21-7(2)15)11(9)22-8(3)16/h9-11,19H,4-5H2,1-3H3,(H,17,18). The van der Waals surface area contributed by atoms with E-state index in [2.05, 4.69) is 0 Å². The van der Waals surface area contributed by atoms with Crippen LogP contribution in [0.3, 0.4) is 0 Å². The number of carbonyl (C=O) groups is 4. The molecular weight excluding hydrogens is 300 g/mol. The predicted octanol–water partition coefficient (Wildman–Crippen LogP) is -0.609. The first kappa shape index (κ1) is 17.9. The first-order valence-electron chi connectivity index (χ1n) is 6.52. The van der Waals surface area contributed by atoms with E-state index in [9.17, 15) is 24.3 Å². The molecule has 1 saturated carbocycles. The molecule has 0 heterocycles. The topological polar surface area (TPSA) is 136 Å². The molecule has 9 nitrogen and oxygen atoms in total. The third-order valence-corrected chi connectivity index (χ3v) is 3.15. The van der Waals surface area contributed by atoms with Crippen molar-refractivity contribution in [2.24, 2.45) is 0 Å². The van der Waals surface area contributed by atoms with E-state index in [1.165, 1.54) is 0 Å². The zero-order valence-electron chi connectivity index (χ0n) is 12.4. The third kappa shape index (κ3) is 4.42. The van der Waals surface area contributed by atoms with Crippen LogP contribution in [0.5, 0.6) is 0 Å². The minimum Gasteiger partial charge on any atom is -0.479 e. The van der Waals surface area contributed by atoms with Gasteiger partial charge < -0.3 is 24.4 Å². The Balaban J connectivity index is 3.14. The lowest BCUT2D eigenvalue weighted by Crippen LogP contribution is -2.59. The lowest BCUT2D eigenvalue weighted by atomic mass is 9.79. The second-order valence-electron chi connectivity index (χ2n) is 5.11. The number of carbonyl (C=O) groups excluding carboxylic acids is 3. The Morgan fingerprint density at radius 1 is 0.864 bits per heavy atom. The van der Waals surface area contributed by atoms with Crippen molar-refractivity contribution in [3.05, 3.63) is 0 Å². The number of hydrogen-bond acceptors (Lipinski definition) is 8. The monoisotopic (exact) mass is 318 g/mol. The molecule has 0 aromatic heterocycles. The molecule has 124 valence electrons. The van der Waals surface area contributed by atoms with E-state index in [1.54, 1.807) is 0 Å². The van der Waals surface area contributed by atoms with Crippen LogP contribution in [0.15, 0.2) is 0 Å². The summed E-state index contributed by atoms with van der Waals surface area (Å²) in [5.74, 6) is -3.78. The molecule has 0 aromatic carbocycles. The molecule has 2 unspecified atom stereocenters. The number of hydrogen-bond donors (Lipinski definition) is 2. The summed E-state index contributed by atoms with van der Waals surface area (Å²) in [4.78, 5) is 44.7. The Hall–Kier alpha value is -2.16. The first-order chi connectivity index (χ1) is 10.0. The van der Waals surface area contributed by atoms with E-state index in [-0.39, 0.29) is 0 Å². The average Bonchev–Trinajstić information content (AvgIpc) is 2.31. The van der Waals surface area contributed by atoms with Gasteiger partial charge in [0.25, 0.3) is 0 Å². The molecule has 0 spiro atoms. The lowest BCUT2D eigenvalue weighted by molar-refractivity contribution is -0.213. The summed E-state index contributed by atoms with van der Waals surface area (Å²) in [5, 5.41) is 19.3. The molecule has 0 amide bonds. The van der Waals surface area contributed by atoms with Crippen molar-refractivity contribution >= 4 is 23.9 Å². The molecule has 0 aliphatic heterocycles. The van der Waals surface area contributed by atoms with Gasteiger partial charge in [-0.1, -0.05) is 0 Å². The maximum atomic E-state index is 11.2. The van der Waals surface area contributed by atoms with Gasteiger partial charge >= 0.3 is 23.9 Å². The molecule has 0 aromatic rings. The summed E-state index contributed by atoms with van der Waals surface area (Å²) in [6.45, 7) is 3.27. The van der Waals surface area contributed by atoms with Crippen LogP contribution in [0.4, 0.5) is 0 Å². The molecule has 1 aliphatic rings. The van der Waals surface area contributed by atoms with Gasteiger partial charge in [0.15, 0.2) is 11.7 Å². The average molecular weight is 318 g/mol. The summed E-state index contributed by atoms with van der Waals surface area (Å²) in [6, 6.07) is 0. The van der Waals surface area contributed by atoms with Crippen LogP contribution in [0.25, 0.3) is 0 Å². The van der Waals surface area contributed by atoms with Crippen molar-refractivity contribution in [1.29, 1.82) is 0 Å². The molecule has 22 heavy (non-hydrogen) atoms. The highest BCUT2D eigenvalue weighted by atomic mass is 16.6. The van der Waals surface area contributed by atoms with E-state index in [0.717, 1.165) is 20.8 Å². The first-order valence-corrected chi connectivity index (χ1v) is 6.52. The van der Waals surface area contributed by atoms with Gasteiger partial charge in [0.1, 0.15) is 12.2 Å². The molecule has 0 saturated heterocycles. The van der Waals surface area contributed by atoms with Crippen molar-refractivity contribution in [2.75, 3.05) is 0 Å². The number of rotatable bonds is 4. The molecule has 9 heteroatoms. The van der Waals surface area contributed by atoms with Crippen LogP contribution in [-0.2, 0) is 33.4 Å². The molecule has 1 rings (SSSR count). The van der Waals surface area contributed by atoms with Crippen LogP contribution in [0, 0.1) is 0 Å². The van der Waals surface area contributed by atoms with Crippen molar-refractivity contribution < 1.29 is 43.6 Å². The number of ether oxygens (including phenoxy) is 3. The zero-order chi connectivity index (χ0) is 17.1. The Kier molecular flexibility index (Phi) is 5.48. The quantitative estimate of drug-likeness (QED) is 0.513. The zero-order valence-corrected chi connectivity index (χ0v) is 12.4. The van der Waals surface area contributed by atoms with Crippen LogP contribution < -0.4 is 0 Å². The van der Waals surface area contributed by atoms with Gasteiger partial charge in [-0.15, -0.1) is 0 Å². The number of aliphatic carboxylic acids is 1. The highest BCUT2D eigenvalue weighted by molar-refractivity contribution is 5.78. The summed E-state index contributed by atoms with van der Waals surface area (Å²) in [5.41, 5.74) is -2.27. The maximum absolute atomic E-state index is 11.2. The molecule has 1 fully saturated rings. The normalized spacial score (nSPS) is 31.0. The van der Waals surface area contributed by atoms with Crippen molar-refractivity contribution in [1.82, 2.24) is 0 Å². The van der Waals surface area contributed by atoms with Crippen LogP contribution in [0.1, 0.15) is 33.6 Å². The summed E-state index contributed by atoms with van der Waals surface area (Å²) < 4.78 is 14.9. The maximum Gasteiger partial charge on any atom is 0.335 e.